The molecule has 0 radical (unpaired) electrons. The van der Waals surface area contributed by atoms with Gasteiger partial charge in [-0.3, -0.25) is 19.3 Å². The second kappa shape index (κ2) is 6.71. The molecule has 3 unspecified atom stereocenters. The van der Waals surface area contributed by atoms with Crippen LogP contribution in [0.3, 0.4) is 0 Å². The van der Waals surface area contributed by atoms with Crippen LogP contribution < -0.4 is 15.5 Å². The van der Waals surface area contributed by atoms with Crippen molar-refractivity contribution in [1.82, 2.24) is 10.6 Å². The summed E-state index contributed by atoms with van der Waals surface area (Å²) >= 11 is 1.40. The summed E-state index contributed by atoms with van der Waals surface area (Å²) in [4.78, 5) is 39.2. The summed E-state index contributed by atoms with van der Waals surface area (Å²) < 4.78 is 0. The zero-order valence-electron chi connectivity index (χ0n) is 14.7. The summed E-state index contributed by atoms with van der Waals surface area (Å²) in [6, 6.07) is 6.93. The zero-order valence-corrected chi connectivity index (χ0v) is 15.5. The molecule has 0 saturated carbocycles. The maximum absolute atomic E-state index is 13.0. The van der Waals surface area contributed by atoms with Gasteiger partial charge in [-0.25, -0.2) is 0 Å². The van der Waals surface area contributed by atoms with Crippen molar-refractivity contribution in [2.75, 3.05) is 4.90 Å². The van der Waals surface area contributed by atoms with Crippen LogP contribution in [0.2, 0.25) is 0 Å². The number of amides is 3. The SMILES string of the molecule is CCC(C)NC(=O)C(C)NC(=O)C12CCC(=O)N1c1ccccc1S2. The molecule has 134 valence electrons. The summed E-state index contributed by atoms with van der Waals surface area (Å²) in [6.45, 7) is 5.58. The van der Waals surface area contributed by atoms with Crippen LogP contribution >= 0.6 is 11.8 Å². The lowest BCUT2D eigenvalue weighted by molar-refractivity contribution is -0.130. The number of para-hydroxylation sites is 1. The first-order chi connectivity index (χ1) is 11.9. The molecule has 2 aliphatic heterocycles. The zero-order chi connectivity index (χ0) is 18.2. The van der Waals surface area contributed by atoms with E-state index in [-0.39, 0.29) is 23.8 Å². The molecule has 2 N–H and O–H groups in total. The number of thioether (sulfide) groups is 1. The van der Waals surface area contributed by atoms with E-state index in [0.29, 0.717) is 12.8 Å². The van der Waals surface area contributed by atoms with Gasteiger partial charge in [-0.05, 0) is 38.8 Å². The highest BCUT2D eigenvalue weighted by molar-refractivity contribution is 8.02. The van der Waals surface area contributed by atoms with Crippen LogP contribution in [0.25, 0.3) is 0 Å². The first-order valence-corrected chi connectivity index (χ1v) is 9.43. The number of nitrogens with zero attached hydrogens (tertiary/aromatic N) is 1. The van der Waals surface area contributed by atoms with E-state index in [2.05, 4.69) is 10.6 Å². The summed E-state index contributed by atoms with van der Waals surface area (Å²) in [5.74, 6) is -0.550. The predicted molar refractivity (Wildman–Crippen MR) is 97.3 cm³/mol. The van der Waals surface area contributed by atoms with Gasteiger partial charge in [-0.1, -0.05) is 30.8 Å². The molecular weight excluding hydrogens is 338 g/mol. The Kier molecular flexibility index (Phi) is 4.77. The minimum absolute atomic E-state index is 0.0516. The van der Waals surface area contributed by atoms with Crippen LogP contribution in [0, 0.1) is 0 Å². The van der Waals surface area contributed by atoms with E-state index in [1.165, 1.54) is 11.8 Å². The number of anilines is 1. The Hall–Kier alpha value is -2.02. The number of rotatable bonds is 5. The highest BCUT2D eigenvalue weighted by Gasteiger charge is 2.57. The molecule has 0 aromatic heterocycles. The van der Waals surface area contributed by atoms with Crippen molar-refractivity contribution in [3.8, 4) is 0 Å². The number of nitrogens with one attached hydrogen (secondary N) is 2. The standard InChI is InChI=1S/C18H23N3O3S/c1-4-11(2)19-16(23)12(3)20-17(24)18-10-9-15(22)21(18)13-7-5-6-8-14(13)25-18/h5-8,11-12H,4,9-10H2,1-3H3,(H,19,23)(H,20,24). The fourth-order valence-corrected chi connectivity index (χ4v) is 4.56. The number of carbonyl (C=O) groups excluding carboxylic acids is 3. The first-order valence-electron chi connectivity index (χ1n) is 8.61. The number of carbonyl (C=O) groups is 3. The van der Waals surface area contributed by atoms with Crippen molar-refractivity contribution in [3.63, 3.8) is 0 Å². The molecule has 3 rings (SSSR count). The third-order valence-electron chi connectivity index (χ3n) is 4.77. The van der Waals surface area contributed by atoms with Crippen LogP contribution in [0.5, 0.6) is 0 Å². The normalized spacial score (nSPS) is 23.6. The van der Waals surface area contributed by atoms with E-state index in [0.717, 1.165) is 17.0 Å². The number of hydrogen-bond acceptors (Lipinski definition) is 4. The van der Waals surface area contributed by atoms with Gasteiger partial charge >= 0.3 is 0 Å². The molecule has 25 heavy (non-hydrogen) atoms. The van der Waals surface area contributed by atoms with Gasteiger partial charge in [0.15, 0.2) is 4.87 Å². The van der Waals surface area contributed by atoms with E-state index < -0.39 is 10.9 Å². The minimum Gasteiger partial charge on any atom is -0.352 e. The molecule has 3 amide bonds. The molecule has 3 atom stereocenters. The molecule has 1 saturated heterocycles. The van der Waals surface area contributed by atoms with Crippen molar-refractivity contribution in [3.05, 3.63) is 24.3 Å². The van der Waals surface area contributed by atoms with Gasteiger partial charge < -0.3 is 10.6 Å². The van der Waals surface area contributed by atoms with Gasteiger partial charge in [-0.15, -0.1) is 0 Å². The predicted octanol–water partition coefficient (Wildman–Crippen LogP) is 2.03. The monoisotopic (exact) mass is 361 g/mol. The molecule has 0 aliphatic carbocycles. The maximum atomic E-state index is 13.0. The summed E-state index contributed by atoms with van der Waals surface area (Å²) in [5.41, 5.74) is 0.779. The lowest BCUT2D eigenvalue weighted by Crippen LogP contribution is -2.57. The lowest BCUT2D eigenvalue weighted by Gasteiger charge is -2.31. The van der Waals surface area contributed by atoms with Crippen molar-refractivity contribution >= 4 is 35.2 Å². The summed E-state index contributed by atoms with van der Waals surface area (Å²) in [7, 11) is 0. The molecule has 6 nitrogen and oxygen atoms in total. The highest BCUT2D eigenvalue weighted by Crippen LogP contribution is 2.55. The number of fused-ring (bicyclic) bond motifs is 3. The highest BCUT2D eigenvalue weighted by atomic mass is 32.2. The quantitative estimate of drug-likeness (QED) is 0.841. The first kappa shape index (κ1) is 17.8. The molecular formula is C18H23N3O3S. The number of hydrogen-bond donors (Lipinski definition) is 2. The van der Waals surface area contributed by atoms with Crippen LogP contribution in [-0.2, 0) is 14.4 Å². The molecule has 2 heterocycles. The van der Waals surface area contributed by atoms with Crippen LogP contribution in [-0.4, -0.2) is 34.7 Å². The maximum Gasteiger partial charge on any atom is 0.257 e. The molecule has 0 spiro atoms. The average Bonchev–Trinajstić information content (AvgIpc) is 3.10. The molecule has 2 aliphatic rings. The summed E-state index contributed by atoms with van der Waals surface area (Å²) in [5, 5.41) is 5.67. The average molecular weight is 361 g/mol. The van der Waals surface area contributed by atoms with E-state index in [1.807, 2.05) is 38.1 Å². The Morgan fingerprint density at radius 3 is 2.72 bits per heavy atom. The van der Waals surface area contributed by atoms with E-state index in [4.69, 9.17) is 0 Å². The lowest BCUT2D eigenvalue weighted by atomic mass is 10.1. The fourth-order valence-electron chi connectivity index (χ4n) is 3.14. The van der Waals surface area contributed by atoms with Gasteiger partial charge in [0.1, 0.15) is 6.04 Å². The van der Waals surface area contributed by atoms with E-state index in [9.17, 15) is 14.4 Å². The van der Waals surface area contributed by atoms with Crippen LogP contribution in [0.4, 0.5) is 5.69 Å². The smallest absolute Gasteiger partial charge is 0.257 e. The third-order valence-corrected chi connectivity index (χ3v) is 6.24. The Morgan fingerprint density at radius 1 is 1.28 bits per heavy atom. The van der Waals surface area contributed by atoms with Crippen molar-refractivity contribution in [2.24, 2.45) is 0 Å². The Bertz CT molecular complexity index is 723. The van der Waals surface area contributed by atoms with Crippen molar-refractivity contribution in [2.45, 2.75) is 61.9 Å². The second-order valence-corrected chi connectivity index (χ2v) is 7.92. The van der Waals surface area contributed by atoms with Gasteiger partial charge in [0.25, 0.3) is 5.91 Å². The molecule has 0 bridgehead atoms. The Morgan fingerprint density at radius 2 is 2.00 bits per heavy atom. The topological polar surface area (TPSA) is 78.5 Å². The summed E-state index contributed by atoms with van der Waals surface area (Å²) in [6.07, 6.45) is 1.60. The van der Waals surface area contributed by atoms with Crippen molar-refractivity contribution < 1.29 is 14.4 Å². The fraction of sp³-hybridized carbons (Fsp3) is 0.500. The van der Waals surface area contributed by atoms with Gasteiger partial charge in [-0.2, -0.15) is 0 Å². The molecule has 1 aromatic rings. The molecule has 7 heteroatoms. The largest absolute Gasteiger partial charge is 0.352 e. The molecule has 1 aromatic carbocycles. The minimum atomic E-state index is -0.980. The Labute approximate surface area is 151 Å². The molecule has 1 fully saturated rings. The number of benzene rings is 1. The van der Waals surface area contributed by atoms with Crippen molar-refractivity contribution in [1.29, 1.82) is 0 Å². The van der Waals surface area contributed by atoms with Gasteiger partial charge in [0.2, 0.25) is 11.8 Å². The van der Waals surface area contributed by atoms with E-state index >= 15 is 0 Å². The van der Waals surface area contributed by atoms with Gasteiger partial charge in [0.05, 0.1) is 5.69 Å². The second-order valence-electron chi connectivity index (χ2n) is 6.60. The Balaban J connectivity index is 1.78. The van der Waals surface area contributed by atoms with Crippen LogP contribution in [0.1, 0.15) is 40.0 Å². The third kappa shape index (κ3) is 3.01. The van der Waals surface area contributed by atoms with E-state index in [1.54, 1.807) is 11.8 Å². The van der Waals surface area contributed by atoms with Gasteiger partial charge in [0, 0.05) is 17.4 Å². The van der Waals surface area contributed by atoms with Crippen LogP contribution in [0.15, 0.2) is 29.2 Å².